The molecule has 2 atom stereocenters. The van der Waals surface area contributed by atoms with Gasteiger partial charge < -0.3 is 10.1 Å². The Morgan fingerprint density at radius 1 is 1.07 bits per heavy atom. The maximum atomic E-state index is 11.2. The summed E-state index contributed by atoms with van der Waals surface area (Å²) >= 11 is 0. The van der Waals surface area contributed by atoms with Gasteiger partial charge in [-0.2, -0.15) is 0 Å². The van der Waals surface area contributed by atoms with Crippen molar-refractivity contribution >= 4 is 17.5 Å². The Morgan fingerprint density at radius 2 is 1.86 bits per heavy atom. The van der Waals surface area contributed by atoms with E-state index in [4.69, 9.17) is 4.74 Å². The maximum Gasteiger partial charge on any atom is 0.271 e. The van der Waals surface area contributed by atoms with Crippen LogP contribution in [0.3, 0.4) is 0 Å². The number of nitrogens with one attached hydrogen (secondary N) is 1. The lowest BCUT2D eigenvalue weighted by atomic mass is 9.75. The molecule has 3 aromatic carbocycles. The number of nitro benzene ring substituents is 1. The average molecular weight is 370 g/mol. The van der Waals surface area contributed by atoms with Crippen LogP contribution in [-0.4, -0.2) is 11.5 Å². The fraction of sp³-hybridized carbons (Fsp3) is 0.130. The van der Waals surface area contributed by atoms with Crippen molar-refractivity contribution in [1.82, 2.24) is 0 Å². The normalized spacial score (nSPS) is 21.9. The first kappa shape index (κ1) is 16.6. The second kappa shape index (κ2) is 6.23. The quantitative estimate of drug-likeness (QED) is 0.514. The number of non-ortho nitro benzene ring substituents is 1. The third kappa shape index (κ3) is 2.47. The highest BCUT2D eigenvalue weighted by molar-refractivity contribution is 5.72. The fourth-order valence-corrected chi connectivity index (χ4v) is 4.25. The van der Waals surface area contributed by atoms with Gasteiger partial charge >= 0.3 is 0 Å². The molecule has 3 aromatic rings. The zero-order valence-electron chi connectivity index (χ0n) is 15.0. The van der Waals surface area contributed by atoms with Gasteiger partial charge in [0.25, 0.3) is 5.69 Å². The molecule has 5 heteroatoms. The number of nitrogens with zero attached hydrogens (tertiary/aromatic N) is 1. The van der Waals surface area contributed by atoms with Crippen molar-refractivity contribution in [1.29, 1.82) is 0 Å². The molecule has 0 saturated carbocycles. The van der Waals surface area contributed by atoms with Crippen molar-refractivity contribution in [2.45, 2.75) is 11.5 Å². The first-order valence-electron chi connectivity index (χ1n) is 9.20. The molecule has 0 bridgehead atoms. The lowest BCUT2D eigenvalue weighted by Gasteiger charge is -2.39. The number of nitro groups is 1. The van der Waals surface area contributed by atoms with Crippen molar-refractivity contribution in [3.63, 3.8) is 0 Å². The third-order valence-corrected chi connectivity index (χ3v) is 5.59. The van der Waals surface area contributed by atoms with E-state index in [2.05, 4.69) is 35.7 Å². The van der Waals surface area contributed by atoms with Crippen LogP contribution in [0.4, 0.5) is 11.4 Å². The topological polar surface area (TPSA) is 64.4 Å². The average Bonchev–Trinajstić information content (AvgIpc) is 3.07. The number of hydrogen-bond donors (Lipinski definition) is 1. The van der Waals surface area contributed by atoms with Gasteiger partial charge in [0.2, 0.25) is 0 Å². The fourth-order valence-electron chi connectivity index (χ4n) is 4.25. The summed E-state index contributed by atoms with van der Waals surface area (Å²) < 4.78 is 6.04. The highest BCUT2D eigenvalue weighted by Gasteiger charge is 2.50. The van der Waals surface area contributed by atoms with Crippen molar-refractivity contribution < 1.29 is 9.66 Å². The van der Waals surface area contributed by atoms with Crippen LogP contribution < -0.4 is 10.1 Å². The number of benzene rings is 3. The molecule has 28 heavy (non-hydrogen) atoms. The van der Waals surface area contributed by atoms with Crippen LogP contribution in [0.2, 0.25) is 0 Å². The highest BCUT2D eigenvalue weighted by atomic mass is 16.6. The van der Waals surface area contributed by atoms with E-state index in [1.54, 1.807) is 12.1 Å². The van der Waals surface area contributed by atoms with E-state index >= 15 is 0 Å². The zero-order valence-corrected chi connectivity index (χ0v) is 15.0. The van der Waals surface area contributed by atoms with E-state index in [9.17, 15) is 10.1 Å². The largest absolute Gasteiger partial charge is 0.492 e. The number of anilines is 1. The van der Waals surface area contributed by atoms with Crippen molar-refractivity contribution in [2.75, 3.05) is 11.9 Å². The summed E-state index contributed by atoms with van der Waals surface area (Å²) in [5, 5.41) is 14.8. The molecule has 0 saturated heterocycles. The second-order valence-electron chi connectivity index (χ2n) is 7.13. The van der Waals surface area contributed by atoms with E-state index in [1.165, 1.54) is 0 Å². The second-order valence-corrected chi connectivity index (χ2v) is 7.13. The van der Waals surface area contributed by atoms with Crippen molar-refractivity contribution in [2.24, 2.45) is 0 Å². The smallest absolute Gasteiger partial charge is 0.271 e. The lowest BCUT2D eigenvalue weighted by Crippen LogP contribution is -2.40. The number of para-hydroxylation sites is 1. The van der Waals surface area contributed by atoms with Crippen molar-refractivity contribution in [3.8, 4) is 5.75 Å². The Hall–Kier alpha value is -3.60. The Bertz CT molecular complexity index is 1090. The first-order valence-corrected chi connectivity index (χ1v) is 9.20. The monoisotopic (exact) mass is 370 g/mol. The summed E-state index contributed by atoms with van der Waals surface area (Å²) in [6.45, 7) is 0.508. The summed E-state index contributed by atoms with van der Waals surface area (Å²) in [6, 6.07) is 23.1. The summed E-state index contributed by atoms with van der Waals surface area (Å²) in [5.74, 6) is 0.865. The Kier molecular flexibility index (Phi) is 3.69. The van der Waals surface area contributed by atoms with Gasteiger partial charge in [-0.05, 0) is 23.3 Å². The van der Waals surface area contributed by atoms with Gasteiger partial charge in [-0.1, -0.05) is 60.7 Å². The van der Waals surface area contributed by atoms with Crippen molar-refractivity contribution in [3.05, 3.63) is 106 Å². The van der Waals surface area contributed by atoms with Crippen LogP contribution in [0.1, 0.15) is 22.6 Å². The van der Waals surface area contributed by atoms with E-state index in [1.807, 2.05) is 42.5 Å². The predicted octanol–water partition coefficient (Wildman–Crippen LogP) is 5.11. The van der Waals surface area contributed by atoms with Crippen LogP contribution >= 0.6 is 0 Å². The van der Waals surface area contributed by atoms with Gasteiger partial charge in [0, 0.05) is 23.4 Å². The van der Waals surface area contributed by atoms with Gasteiger partial charge in [0.1, 0.15) is 5.75 Å². The molecule has 5 nitrogen and oxygen atoms in total. The third-order valence-electron chi connectivity index (χ3n) is 5.59. The number of rotatable bonds is 3. The Balaban J connectivity index is 1.67. The van der Waals surface area contributed by atoms with Crippen LogP contribution in [0, 0.1) is 10.1 Å². The van der Waals surface area contributed by atoms with E-state index < -0.39 is 5.54 Å². The number of ether oxygens (including phenoxy) is 1. The molecule has 1 N–H and O–H groups in total. The summed E-state index contributed by atoms with van der Waals surface area (Å²) in [6.07, 6.45) is 4.27. The summed E-state index contributed by atoms with van der Waals surface area (Å²) in [4.78, 5) is 10.9. The molecule has 2 aliphatic heterocycles. The standard InChI is InChI=1S/C23H18N2O3/c26-25(27)17-10-11-18-20-15-28-22-9-5-4-8-19(22)23(20,24-21(18)14-17)13-12-16-6-2-1-3-7-16/h1-14,20,24H,15H2/b13-12+/t20-,23-/m1/s1. The SMILES string of the molecule is O=[N+]([O-])c1ccc2c(c1)N[C@]1(/C=C/c3ccccc3)c3ccccc3OC[C@H]21. The molecule has 0 aliphatic carbocycles. The van der Waals surface area contributed by atoms with E-state index in [-0.39, 0.29) is 16.5 Å². The lowest BCUT2D eigenvalue weighted by molar-refractivity contribution is -0.384. The van der Waals surface area contributed by atoms with Gasteiger partial charge in [0.05, 0.1) is 23.0 Å². The predicted molar refractivity (Wildman–Crippen MR) is 109 cm³/mol. The number of hydrogen-bond acceptors (Lipinski definition) is 4. The van der Waals surface area contributed by atoms with Crippen LogP contribution in [0.5, 0.6) is 5.75 Å². The summed E-state index contributed by atoms with van der Waals surface area (Å²) in [5.41, 5.74) is 3.54. The van der Waals surface area contributed by atoms with Crippen LogP contribution in [0.25, 0.3) is 6.08 Å². The number of fused-ring (bicyclic) bond motifs is 5. The van der Waals surface area contributed by atoms with Crippen LogP contribution in [-0.2, 0) is 5.54 Å². The molecule has 138 valence electrons. The Labute approximate surface area is 162 Å². The van der Waals surface area contributed by atoms with Crippen LogP contribution in [0.15, 0.2) is 78.9 Å². The van der Waals surface area contributed by atoms with Gasteiger partial charge in [-0.3, -0.25) is 10.1 Å². The minimum atomic E-state index is -0.512. The maximum absolute atomic E-state index is 11.2. The minimum Gasteiger partial charge on any atom is -0.492 e. The van der Waals surface area contributed by atoms with Gasteiger partial charge in [0.15, 0.2) is 0 Å². The molecule has 5 rings (SSSR count). The zero-order chi connectivity index (χ0) is 19.1. The molecular weight excluding hydrogens is 352 g/mol. The Morgan fingerprint density at radius 3 is 2.68 bits per heavy atom. The molecule has 0 amide bonds. The molecule has 0 unspecified atom stereocenters. The van der Waals surface area contributed by atoms with E-state index in [0.717, 1.165) is 28.1 Å². The molecule has 0 radical (unpaired) electrons. The molecule has 0 aromatic heterocycles. The van der Waals surface area contributed by atoms with Gasteiger partial charge in [-0.15, -0.1) is 0 Å². The minimum absolute atomic E-state index is 0.0261. The van der Waals surface area contributed by atoms with E-state index in [0.29, 0.717) is 6.61 Å². The molecule has 2 heterocycles. The molecule has 0 spiro atoms. The molecule has 2 aliphatic rings. The molecule has 0 fully saturated rings. The summed E-state index contributed by atoms with van der Waals surface area (Å²) in [7, 11) is 0. The first-order chi connectivity index (χ1) is 13.7. The van der Waals surface area contributed by atoms with Gasteiger partial charge in [-0.25, -0.2) is 0 Å². The molecular formula is C23H18N2O3. The highest BCUT2D eigenvalue weighted by Crippen LogP contribution is 2.55.